The Morgan fingerprint density at radius 3 is 2.63 bits per heavy atom. The molecule has 0 aliphatic carbocycles. The van der Waals surface area contributed by atoms with Crippen molar-refractivity contribution in [2.75, 3.05) is 19.8 Å². The molecule has 2 aromatic heterocycles. The predicted octanol–water partition coefficient (Wildman–Crippen LogP) is 3.45. The number of benzene rings is 1. The second-order valence-corrected chi connectivity index (χ2v) is 7.01. The summed E-state index contributed by atoms with van der Waals surface area (Å²) >= 11 is 0. The molecule has 1 aromatic carbocycles. The normalized spacial score (nSPS) is 16.1. The third-order valence-electron chi connectivity index (χ3n) is 4.93. The molecule has 1 saturated heterocycles. The molecule has 30 heavy (non-hydrogen) atoms. The average molecular weight is 408 g/mol. The molecule has 1 fully saturated rings. The molecule has 8 heteroatoms. The highest BCUT2D eigenvalue weighted by molar-refractivity contribution is 5.79. The Bertz CT molecular complexity index is 1010. The third-order valence-corrected chi connectivity index (χ3v) is 4.93. The minimum atomic E-state index is -0.116. The zero-order chi connectivity index (χ0) is 20.9. The molecule has 0 N–H and O–H groups in total. The summed E-state index contributed by atoms with van der Waals surface area (Å²) in [5, 5.41) is 4.05. The largest absolute Gasteiger partial charge is 0.490 e. The summed E-state index contributed by atoms with van der Waals surface area (Å²) in [5.74, 6) is 2.35. The standard InChI is InChI=1S/C22H24N4O4/c1-3-28-18-6-5-15(11-19(18)29-4-2)13-26-14-17(12-20(26)27)22-24-21(25-30-22)16-7-9-23-10-8-16/h5-11,17H,3-4,12-14H2,1-2H3. The number of pyridine rings is 1. The van der Waals surface area contributed by atoms with Crippen molar-refractivity contribution in [3.05, 3.63) is 54.2 Å². The molecule has 1 unspecified atom stereocenters. The van der Waals surface area contributed by atoms with Crippen molar-refractivity contribution in [1.82, 2.24) is 20.0 Å². The molecule has 4 rings (SSSR count). The van der Waals surface area contributed by atoms with Crippen molar-refractivity contribution < 1.29 is 18.8 Å². The van der Waals surface area contributed by atoms with Crippen molar-refractivity contribution in [2.24, 2.45) is 0 Å². The number of aromatic nitrogens is 3. The molecule has 156 valence electrons. The Kier molecular flexibility index (Phi) is 5.92. The third kappa shape index (κ3) is 4.27. The van der Waals surface area contributed by atoms with E-state index in [2.05, 4.69) is 15.1 Å². The molecule has 1 aliphatic rings. The van der Waals surface area contributed by atoms with Gasteiger partial charge in [-0.15, -0.1) is 0 Å². The van der Waals surface area contributed by atoms with Gasteiger partial charge in [-0.1, -0.05) is 11.2 Å². The number of carbonyl (C=O) groups is 1. The van der Waals surface area contributed by atoms with Gasteiger partial charge in [0, 0.05) is 37.5 Å². The number of carbonyl (C=O) groups excluding carboxylic acids is 1. The summed E-state index contributed by atoms with van der Waals surface area (Å²) in [6.45, 7) is 6.01. The summed E-state index contributed by atoms with van der Waals surface area (Å²) in [7, 11) is 0. The Hall–Kier alpha value is -3.42. The predicted molar refractivity (Wildman–Crippen MR) is 109 cm³/mol. The minimum absolute atomic E-state index is 0.0653. The Morgan fingerprint density at radius 1 is 1.10 bits per heavy atom. The molecule has 0 bridgehead atoms. The van der Waals surface area contributed by atoms with E-state index in [1.54, 1.807) is 12.4 Å². The number of amides is 1. The lowest BCUT2D eigenvalue weighted by Crippen LogP contribution is -2.24. The highest BCUT2D eigenvalue weighted by Gasteiger charge is 2.34. The monoisotopic (exact) mass is 408 g/mol. The van der Waals surface area contributed by atoms with Gasteiger partial charge in [0.05, 0.1) is 19.1 Å². The highest BCUT2D eigenvalue weighted by Crippen LogP contribution is 2.32. The first-order valence-corrected chi connectivity index (χ1v) is 10.1. The van der Waals surface area contributed by atoms with E-state index in [0.29, 0.717) is 55.9 Å². The van der Waals surface area contributed by atoms with E-state index in [1.165, 1.54) is 0 Å². The zero-order valence-corrected chi connectivity index (χ0v) is 17.1. The summed E-state index contributed by atoms with van der Waals surface area (Å²) in [6, 6.07) is 9.43. The molecule has 0 saturated carbocycles. The topological polar surface area (TPSA) is 90.6 Å². The van der Waals surface area contributed by atoms with Gasteiger partial charge in [-0.2, -0.15) is 4.98 Å². The van der Waals surface area contributed by atoms with Crippen molar-refractivity contribution in [3.63, 3.8) is 0 Å². The van der Waals surface area contributed by atoms with Crippen LogP contribution >= 0.6 is 0 Å². The quantitative estimate of drug-likeness (QED) is 0.564. The molecule has 0 spiro atoms. The van der Waals surface area contributed by atoms with Crippen LogP contribution in [0, 0.1) is 0 Å². The van der Waals surface area contributed by atoms with Gasteiger partial charge in [0.25, 0.3) is 0 Å². The van der Waals surface area contributed by atoms with Crippen LogP contribution in [0.25, 0.3) is 11.4 Å². The number of likely N-dealkylation sites (tertiary alicyclic amines) is 1. The second-order valence-electron chi connectivity index (χ2n) is 7.01. The fourth-order valence-electron chi connectivity index (χ4n) is 3.52. The van der Waals surface area contributed by atoms with Crippen LogP contribution in [-0.2, 0) is 11.3 Å². The van der Waals surface area contributed by atoms with Crippen molar-refractivity contribution in [3.8, 4) is 22.9 Å². The number of hydrogen-bond donors (Lipinski definition) is 0. The molecular formula is C22H24N4O4. The zero-order valence-electron chi connectivity index (χ0n) is 17.1. The molecule has 3 aromatic rings. The Labute approximate surface area is 174 Å². The van der Waals surface area contributed by atoms with Crippen molar-refractivity contribution >= 4 is 5.91 Å². The first kappa shape index (κ1) is 19.9. The lowest BCUT2D eigenvalue weighted by atomic mass is 10.1. The maximum atomic E-state index is 12.6. The number of nitrogens with zero attached hydrogens (tertiary/aromatic N) is 4. The van der Waals surface area contributed by atoms with Crippen LogP contribution < -0.4 is 9.47 Å². The molecule has 1 amide bonds. The minimum Gasteiger partial charge on any atom is -0.490 e. The molecule has 1 aliphatic heterocycles. The van der Waals surface area contributed by atoms with Crippen LogP contribution in [0.2, 0.25) is 0 Å². The maximum Gasteiger partial charge on any atom is 0.232 e. The van der Waals surface area contributed by atoms with E-state index in [1.807, 2.05) is 49.1 Å². The van der Waals surface area contributed by atoms with Gasteiger partial charge in [-0.25, -0.2) is 0 Å². The van der Waals surface area contributed by atoms with Crippen LogP contribution in [-0.4, -0.2) is 45.7 Å². The van der Waals surface area contributed by atoms with Gasteiger partial charge in [0.1, 0.15) is 0 Å². The van der Waals surface area contributed by atoms with Crippen LogP contribution in [0.5, 0.6) is 11.5 Å². The lowest BCUT2D eigenvalue weighted by molar-refractivity contribution is -0.128. The highest BCUT2D eigenvalue weighted by atomic mass is 16.5. The fraction of sp³-hybridized carbons (Fsp3) is 0.364. The summed E-state index contributed by atoms with van der Waals surface area (Å²) in [5.41, 5.74) is 1.82. The summed E-state index contributed by atoms with van der Waals surface area (Å²) in [6.07, 6.45) is 3.71. The van der Waals surface area contributed by atoms with Gasteiger partial charge in [-0.05, 0) is 43.7 Å². The van der Waals surface area contributed by atoms with Crippen LogP contribution in [0.4, 0.5) is 0 Å². The smallest absolute Gasteiger partial charge is 0.232 e. The van der Waals surface area contributed by atoms with Crippen LogP contribution in [0.3, 0.4) is 0 Å². The Balaban J connectivity index is 1.45. The maximum absolute atomic E-state index is 12.6. The van der Waals surface area contributed by atoms with E-state index in [-0.39, 0.29) is 11.8 Å². The Morgan fingerprint density at radius 2 is 1.87 bits per heavy atom. The average Bonchev–Trinajstić information content (AvgIpc) is 3.38. The van der Waals surface area contributed by atoms with Crippen LogP contribution in [0.1, 0.15) is 37.6 Å². The van der Waals surface area contributed by atoms with Gasteiger partial charge in [0.2, 0.25) is 17.6 Å². The fourth-order valence-corrected chi connectivity index (χ4v) is 3.52. The molecule has 0 radical (unpaired) electrons. The SMILES string of the molecule is CCOc1ccc(CN2CC(c3nc(-c4ccncc4)no3)CC2=O)cc1OCC. The van der Waals surface area contributed by atoms with Gasteiger partial charge in [-0.3, -0.25) is 9.78 Å². The molecule has 3 heterocycles. The lowest BCUT2D eigenvalue weighted by Gasteiger charge is -2.18. The number of ether oxygens (including phenoxy) is 2. The van der Waals surface area contributed by atoms with E-state index in [4.69, 9.17) is 14.0 Å². The van der Waals surface area contributed by atoms with Crippen molar-refractivity contribution in [2.45, 2.75) is 32.7 Å². The van der Waals surface area contributed by atoms with E-state index < -0.39 is 0 Å². The van der Waals surface area contributed by atoms with Gasteiger partial charge >= 0.3 is 0 Å². The summed E-state index contributed by atoms with van der Waals surface area (Å²) in [4.78, 5) is 22.9. The first-order chi connectivity index (χ1) is 14.7. The summed E-state index contributed by atoms with van der Waals surface area (Å²) < 4.78 is 16.7. The number of rotatable bonds is 8. The van der Waals surface area contributed by atoms with Gasteiger partial charge in [0.15, 0.2) is 11.5 Å². The number of hydrogen-bond acceptors (Lipinski definition) is 7. The molecule has 1 atom stereocenters. The molecular weight excluding hydrogens is 384 g/mol. The van der Waals surface area contributed by atoms with Gasteiger partial charge < -0.3 is 18.9 Å². The van der Waals surface area contributed by atoms with E-state index in [0.717, 1.165) is 11.1 Å². The first-order valence-electron chi connectivity index (χ1n) is 10.1. The van der Waals surface area contributed by atoms with E-state index >= 15 is 0 Å². The van der Waals surface area contributed by atoms with Crippen molar-refractivity contribution in [1.29, 1.82) is 0 Å². The molecule has 8 nitrogen and oxygen atoms in total. The van der Waals surface area contributed by atoms with E-state index in [9.17, 15) is 4.79 Å². The van der Waals surface area contributed by atoms with Crippen LogP contribution in [0.15, 0.2) is 47.2 Å². The second kappa shape index (κ2) is 8.94.